The van der Waals surface area contributed by atoms with Crippen LogP contribution in [0, 0.1) is 22.2 Å². The summed E-state index contributed by atoms with van der Waals surface area (Å²) >= 11 is 1.24. The molecule has 0 amide bonds. The Kier molecular flexibility index (Phi) is 11.0. The highest BCUT2D eigenvalue weighted by Gasteiger charge is 2.35. The van der Waals surface area contributed by atoms with E-state index in [2.05, 4.69) is 32.7 Å². The number of nitriles is 1. The van der Waals surface area contributed by atoms with Crippen molar-refractivity contribution in [2.75, 3.05) is 18.1 Å². The minimum atomic E-state index is -0.752. The highest BCUT2D eigenvalue weighted by Crippen LogP contribution is 2.44. The summed E-state index contributed by atoms with van der Waals surface area (Å²) in [5.74, 6) is 1.40. The normalized spacial score (nSPS) is 14.7. The fourth-order valence-electron chi connectivity index (χ4n) is 3.64. The molecule has 0 aliphatic rings. The summed E-state index contributed by atoms with van der Waals surface area (Å²) in [5.41, 5.74) is 0.571. The van der Waals surface area contributed by atoms with E-state index >= 15 is 0 Å². The minimum Gasteiger partial charge on any atom is -0.481 e. The molecule has 2 unspecified atom stereocenters. The van der Waals surface area contributed by atoms with Crippen molar-refractivity contribution in [2.45, 2.75) is 59.8 Å². The van der Waals surface area contributed by atoms with Crippen LogP contribution in [0.1, 0.15) is 64.8 Å². The van der Waals surface area contributed by atoms with Crippen LogP contribution in [0.2, 0.25) is 0 Å². The van der Waals surface area contributed by atoms with E-state index in [0.29, 0.717) is 22.7 Å². The number of benzene rings is 1. The van der Waals surface area contributed by atoms with Crippen molar-refractivity contribution >= 4 is 55.3 Å². The maximum absolute atomic E-state index is 11.9. The standard InChI is InChI=1S/C24H32N2O5S3/c1-5-23(3,13-21(27)28)15-24(4,6-2)16-33-32-11-7-10-30-22(29)31-17-8-9-18-19(12-17)34-20(14-25)26-18/h8-9,12H,5-7,10-11,13,15-16H2,1-4H3,(H,27,28). The number of fused-ring (bicyclic) bond motifs is 1. The number of rotatable bonds is 14. The molecule has 0 radical (unpaired) electrons. The first-order valence-corrected chi connectivity index (χ1v) is 14.5. The lowest BCUT2D eigenvalue weighted by atomic mass is 9.69. The van der Waals surface area contributed by atoms with Gasteiger partial charge in [-0.1, -0.05) is 55.7 Å². The largest absolute Gasteiger partial charge is 0.513 e. The smallest absolute Gasteiger partial charge is 0.481 e. The predicted octanol–water partition coefficient (Wildman–Crippen LogP) is 7.15. The molecular formula is C24H32N2O5S3. The molecule has 0 fully saturated rings. The van der Waals surface area contributed by atoms with Gasteiger partial charge in [-0.2, -0.15) is 5.26 Å². The molecule has 1 aromatic carbocycles. The van der Waals surface area contributed by atoms with E-state index in [-0.39, 0.29) is 23.9 Å². The molecule has 0 aliphatic carbocycles. The van der Waals surface area contributed by atoms with Gasteiger partial charge in [0.05, 0.1) is 23.2 Å². The predicted molar refractivity (Wildman–Crippen MR) is 140 cm³/mol. The van der Waals surface area contributed by atoms with Gasteiger partial charge >= 0.3 is 12.1 Å². The monoisotopic (exact) mass is 524 g/mol. The zero-order valence-corrected chi connectivity index (χ0v) is 22.5. The van der Waals surface area contributed by atoms with Crippen molar-refractivity contribution in [3.63, 3.8) is 0 Å². The Morgan fingerprint density at radius 3 is 2.59 bits per heavy atom. The Morgan fingerprint density at radius 2 is 1.94 bits per heavy atom. The molecule has 0 spiro atoms. The number of carboxylic acid groups (broad SMARTS) is 1. The molecule has 1 aromatic heterocycles. The van der Waals surface area contributed by atoms with Crippen LogP contribution in [0.3, 0.4) is 0 Å². The molecule has 0 saturated carbocycles. The number of carboxylic acids is 1. The van der Waals surface area contributed by atoms with E-state index in [1.54, 1.807) is 39.8 Å². The van der Waals surface area contributed by atoms with Gasteiger partial charge in [-0.25, -0.2) is 9.78 Å². The van der Waals surface area contributed by atoms with Crippen LogP contribution < -0.4 is 4.74 Å². The van der Waals surface area contributed by atoms with Crippen LogP contribution in [0.25, 0.3) is 10.2 Å². The molecule has 2 rings (SSSR count). The number of carbonyl (C=O) groups excluding carboxylic acids is 1. The lowest BCUT2D eigenvalue weighted by Gasteiger charge is -2.38. The zero-order valence-electron chi connectivity index (χ0n) is 20.1. The Labute approximate surface area is 213 Å². The lowest BCUT2D eigenvalue weighted by Crippen LogP contribution is -2.30. The number of nitrogens with zero attached hydrogens (tertiary/aromatic N) is 2. The molecule has 10 heteroatoms. The maximum Gasteiger partial charge on any atom is 0.513 e. The summed E-state index contributed by atoms with van der Waals surface area (Å²) in [6.07, 6.45) is 2.88. The molecule has 7 nitrogen and oxygen atoms in total. The second kappa shape index (κ2) is 13.2. The fourth-order valence-corrected chi connectivity index (χ4v) is 7.27. The Hall–Kier alpha value is -1.96. The molecule has 2 aromatic rings. The van der Waals surface area contributed by atoms with E-state index in [0.717, 1.165) is 35.5 Å². The molecule has 0 aliphatic heterocycles. The fraction of sp³-hybridized carbons (Fsp3) is 0.583. The SMILES string of the molecule is CCC(C)(CSSCCCOC(=O)Oc1ccc2nc(C#N)sc2c1)CC(C)(CC)CC(=O)O. The average Bonchev–Trinajstić information content (AvgIpc) is 3.20. The number of carbonyl (C=O) groups is 2. The minimum absolute atomic E-state index is 0.0748. The van der Waals surface area contributed by atoms with Gasteiger partial charge < -0.3 is 14.6 Å². The van der Waals surface area contributed by atoms with Gasteiger partial charge in [-0.15, -0.1) is 11.3 Å². The summed E-state index contributed by atoms with van der Waals surface area (Å²) in [5, 5.41) is 18.6. The molecule has 186 valence electrons. The van der Waals surface area contributed by atoms with Crippen LogP contribution in [-0.2, 0) is 9.53 Å². The highest BCUT2D eigenvalue weighted by molar-refractivity contribution is 8.76. The van der Waals surface area contributed by atoms with Crippen molar-refractivity contribution in [1.29, 1.82) is 5.26 Å². The number of aromatic nitrogens is 1. The third-order valence-electron chi connectivity index (χ3n) is 5.88. The number of aliphatic carboxylic acids is 1. The second-order valence-electron chi connectivity index (χ2n) is 8.97. The van der Waals surface area contributed by atoms with Gasteiger partial charge in [-0.05, 0) is 42.2 Å². The number of hydrogen-bond acceptors (Lipinski definition) is 9. The summed E-state index contributed by atoms with van der Waals surface area (Å²) in [6, 6.07) is 7.01. The molecule has 0 saturated heterocycles. The van der Waals surface area contributed by atoms with E-state index < -0.39 is 12.1 Å². The van der Waals surface area contributed by atoms with Gasteiger partial charge in [0.15, 0.2) is 5.01 Å². The van der Waals surface area contributed by atoms with Gasteiger partial charge in [0, 0.05) is 17.6 Å². The van der Waals surface area contributed by atoms with Crippen LogP contribution >= 0.6 is 32.9 Å². The first kappa shape index (κ1) is 28.3. The summed E-state index contributed by atoms with van der Waals surface area (Å²) in [4.78, 5) is 27.3. The average molecular weight is 525 g/mol. The third-order valence-corrected chi connectivity index (χ3v) is 9.59. The van der Waals surface area contributed by atoms with Crippen molar-refractivity contribution in [2.24, 2.45) is 10.8 Å². The Balaban J connectivity index is 1.67. The Bertz CT molecular complexity index is 1020. The third kappa shape index (κ3) is 9.01. The van der Waals surface area contributed by atoms with Gasteiger partial charge in [0.2, 0.25) is 0 Å². The molecule has 1 heterocycles. The molecule has 2 atom stereocenters. The topological polar surface area (TPSA) is 110 Å². The van der Waals surface area contributed by atoms with Gasteiger partial charge in [-0.3, -0.25) is 4.79 Å². The maximum atomic E-state index is 11.9. The molecular weight excluding hydrogens is 492 g/mol. The van der Waals surface area contributed by atoms with Crippen LogP contribution in [0.5, 0.6) is 5.75 Å². The van der Waals surface area contributed by atoms with Crippen molar-refractivity contribution in [3.05, 3.63) is 23.2 Å². The quantitative estimate of drug-likeness (QED) is 0.119. The van der Waals surface area contributed by atoms with E-state index in [4.69, 9.17) is 14.7 Å². The summed E-state index contributed by atoms with van der Waals surface area (Å²) in [6.45, 7) is 8.80. The summed E-state index contributed by atoms with van der Waals surface area (Å²) < 4.78 is 11.2. The van der Waals surface area contributed by atoms with Crippen LogP contribution in [-0.4, -0.2) is 40.3 Å². The van der Waals surface area contributed by atoms with Crippen LogP contribution in [0.4, 0.5) is 4.79 Å². The molecule has 34 heavy (non-hydrogen) atoms. The second-order valence-corrected chi connectivity index (χ2v) is 12.6. The van der Waals surface area contributed by atoms with Crippen molar-refractivity contribution < 1.29 is 24.2 Å². The van der Waals surface area contributed by atoms with E-state index in [1.807, 2.05) is 6.07 Å². The van der Waals surface area contributed by atoms with Gasteiger partial charge in [0.1, 0.15) is 11.8 Å². The van der Waals surface area contributed by atoms with Crippen LogP contribution in [0.15, 0.2) is 18.2 Å². The lowest BCUT2D eigenvalue weighted by molar-refractivity contribution is -0.140. The Morgan fingerprint density at radius 1 is 1.21 bits per heavy atom. The number of thiazole rings is 1. The zero-order chi connectivity index (χ0) is 25.2. The molecule has 0 bridgehead atoms. The van der Waals surface area contributed by atoms with Gasteiger partial charge in [0.25, 0.3) is 0 Å². The first-order chi connectivity index (χ1) is 16.1. The van der Waals surface area contributed by atoms with Crippen molar-refractivity contribution in [3.8, 4) is 11.8 Å². The summed E-state index contributed by atoms with van der Waals surface area (Å²) in [7, 11) is 3.53. The molecule has 1 N–H and O–H groups in total. The first-order valence-electron chi connectivity index (χ1n) is 11.2. The number of hydrogen-bond donors (Lipinski definition) is 1. The highest BCUT2D eigenvalue weighted by atomic mass is 33.1. The van der Waals surface area contributed by atoms with Crippen molar-refractivity contribution in [1.82, 2.24) is 4.98 Å². The van der Waals surface area contributed by atoms with E-state index in [9.17, 15) is 14.7 Å². The number of ether oxygens (including phenoxy) is 2. The van der Waals surface area contributed by atoms with E-state index in [1.165, 1.54) is 11.3 Å².